The van der Waals surface area contributed by atoms with E-state index >= 15 is 0 Å². The van der Waals surface area contributed by atoms with Gasteiger partial charge in [0.2, 0.25) is 5.95 Å². The van der Waals surface area contributed by atoms with Crippen LogP contribution in [0.3, 0.4) is 0 Å². The molecule has 0 aliphatic carbocycles. The van der Waals surface area contributed by atoms with Gasteiger partial charge in [-0.3, -0.25) is 4.98 Å². The lowest BCUT2D eigenvalue weighted by molar-refractivity contribution is 0.766. The fraction of sp³-hybridized carbons (Fsp3) is 0.400. The highest BCUT2D eigenvalue weighted by atomic mass is 35.5. The topological polar surface area (TPSA) is 41.9 Å². The van der Waals surface area contributed by atoms with Crippen molar-refractivity contribution in [2.75, 3.05) is 11.4 Å². The van der Waals surface area contributed by atoms with Crippen LogP contribution in [0.5, 0.6) is 0 Å². The first kappa shape index (κ1) is 14.7. The van der Waals surface area contributed by atoms with E-state index in [4.69, 9.17) is 11.6 Å². The van der Waals surface area contributed by atoms with Gasteiger partial charge in [0.25, 0.3) is 0 Å². The van der Waals surface area contributed by atoms with Gasteiger partial charge in [-0.05, 0) is 32.9 Å². The Labute approximate surface area is 124 Å². The minimum absolute atomic E-state index is 0.442. The van der Waals surface area contributed by atoms with E-state index in [1.165, 1.54) is 0 Å². The number of hydrogen-bond acceptors (Lipinski definition) is 4. The average molecular weight is 291 g/mol. The van der Waals surface area contributed by atoms with Crippen LogP contribution in [0.15, 0.2) is 24.4 Å². The van der Waals surface area contributed by atoms with Crippen molar-refractivity contribution < 1.29 is 0 Å². The molecule has 0 aliphatic heterocycles. The van der Waals surface area contributed by atoms with Crippen LogP contribution < -0.4 is 4.90 Å². The van der Waals surface area contributed by atoms with E-state index in [0.717, 1.165) is 35.1 Å². The summed E-state index contributed by atoms with van der Waals surface area (Å²) in [7, 11) is 0. The lowest BCUT2D eigenvalue weighted by atomic mass is 10.3. The molecule has 0 aromatic carbocycles. The minimum atomic E-state index is 0.442. The molecule has 106 valence electrons. The molecule has 2 rings (SSSR count). The zero-order valence-electron chi connectivity index (χ0n) is 12.1. The quantitative estimate of drug-likeness (QED) is 0.793. The summed E-state index contributed by atoms with van der Waals surface area (Å²) in [6, 6.07) is 6.04. The smallest absolute Gasteiger partial charge is 0.225 e. The molecule has 0 amide bonds. The largest absolute Gasteiger partial charge is 0.335 e. The van der Waals surface area contributed by atoms with Crippen LogP contribution in [0.1, 0.15) is 29.6 Å². The SMILES string of the molecule is CCN(Cc1cccc(C)n1)c1ncc(CCl)c(C)n1. The molecular formula is C15H19ClN4. The second-order valence-corrected chi connectivity index (χ2v) is 4.97. The van der Waals surface area contributed by atoms with Crippen LogP contribution in [0, 0.1) is 13.8 Å². The molecule has 0 radical (unpaired) electrons. The maximum atomic E-state index is 5.84. The zero-order chi connectivity index (χ0) is 14.5. The molecule has 0 N–H and O–H groups in total. The zero-order valence-corrected chi connectivity index (χ0v) is 12.9. The number of halogens is 1. The van der Waals surface area contributed by atoms with Crippen molar-refractivity contribution >= 4 is 17.5 Å². The summed E-state index contributed by atoms with van der Waals surface area (Å²) < 4.78 is 0. The molecule has 2 aromatic heterocycles. The van der Waals surface area contributed by atoms with Crippen LogP contribution in [0.4, 0.5) is 5.95 Å². The molecule has 4 nitrogen and oxygen atoms in total. The predicted molar refractivity (Wildman–Crippen MR) is 82.0 cm³/mol. The first-order valence-electron chi connectivity index (χ1n) is 6.70. The molecule has 2 heterocycles. The molecule has 20 heavy (non-hydrogen) atoms. The van der Waals surface area contributed by atoms with Crippen molar-refractivity contribution in [1.82, 2.24) is 15.0 Å². The monoisotopic (exact) mass is 290 g/mol. The Morgan fingerprint density at radius 2 is 2.00 bits per heavy atom. The molecule has 5 heteroatoms. The summed E-state index contributed by atoms with van der Waals surface area (Å²) in [6.07, 6.45) is 1.80. The Kier molecular flexibility index (Phi) is 4.90. The van der Waals surface area contributed by atoms with E-state index < -0.39 is 0 Å². The van der Waals surface area contributed by atoms with Crippen LogP contribution in [0.2, 0.25) is 0 Å². The van der Waals surface area contributed by atoms with E-state index in [1.54, 1.807) is 6.20 Å². The molecule has 0 spiro atoms. The van der Waals surface area contributed by atoms with Gasteiger partial charge in [0, 0.05) is 29.7 Å². The predicted octanol–water partition coefficient (Wildman–Crippen LogP) is 3.25. The number of pyridine rings is 1. The van der Waals surface area contributed by atoms with Crippen molar-refractivity contribution in [2.45, 2.75) is 33.2 Å². The second kappa shape index (κ2) is 6.66. The lowest BCUT2D eigenvalue weighted by Crippen LogP contribution is -2.25. The molecule has 2 aromatic rings. The summed E-state index contributed by atoms with van der Waals surface area (Å²) in [5.74, 6) is 1.17. The Morgan fingerprint density at radius 1 is 1.20 bits per heavy atom. The summed E-state index contributed by atoms with van der Waals surface area (Å²) in [4.78, 5) is 15.6. The number of aryl methyl sites for hydroxylation is 2. The fourth-order valence-corrected chi connectivity index (χ4v) is 2.23. The Morgan fingerprint density at radius 3 is 2.60 bits per heavy atom. The van der Waals surface area contributed by atoms with Crippen LogP contribution in [-0.4, -0.2) is 21.5 Å². The van der Waals surface area contributed by atoms with Crippen LogP contribution in [-0.2, 0) is 12.4 Å². The first-order chi connectivity index (χ1) is 9.63. The van der Waals surface area contributed by atoms with Crippen LogP contribution >= 0.6 is 11.6 Å². The van der Waals surface area contributed by atoms with E-state index in [-0.39, 0.29) is 0 Å². The number of rotatable bonds is 5. The summed E-state index contributed by atoms with van der Waals surface area (Å²) in [5, 5.41) is 0. The lowest BCUT2D eigenvalue weighted by Gasteiger charge is -2.21. The number of hydrogen-bond donors (Lipinski definition) is 0. The van der Waals surface area contributed by atoms with E-state index in [1.807, 2.05) is 32.0 Å². The Balaban J connectivity index is 2.22. The van der Waals surface area contributed by atoms with Gasteiger partial charge in [-0.1, -0.05) is 6.07 Å². The molecule has 0 bridgehead atoms. The van der Waals surface area contributed by atoms with Gasteiger partial charge < -0.3 is 4.90 Å². The van der Waals surface area contributed by atoms with Crippen molar-refractivity contribution in [3.63, 3.8) is 0 Å². The molecule has 0 atom stereocenters. The van der Waals surface area contributed by atoms with Gasteiger partial charge in [-0.15, -0.1) is 11.6 Å². The Hall–Kier alpha value is -1.68. The van der Waals surface area contributed by atoms with Crippen molar-refractivity contribution in [3.8, 4) is 0 Å². The third kappa shape index (κ3) is 3.45. The molecule has 0 unspecified atom stereocenters. The number of anilines is 1. The van der Waals surface area contributed by atoms with Crippen molar-refractivity contribution in [1.29, 1.82) is 0 Å². The van der Waals surface area contributed by atoms with E-state index in [9.17, 15) is 0 Å². The fourth-order valence-electron chi connectivity index (χ4n) is 1.97. The molecule has 0 saturated carbocycles. The second-order valence-electron chi connectivity index (χ2n) is 4.70. The molecule has 0 saturated heterocycles. The molecule has 0 fully saturated rings. The maximum Gasteiger partial charge on any atom is 0.225 e. The number of aromatic nitrogens is 3. The Bertz CT molecular complexity index is 586. The molecular weight excluding hydrogens is 272 g/mol. The highest BCUT2D eigenvalue weighted by molar-refractivity contribution is 6.17. The van der Waals surface area contributed by atoms with Gasteiger partial charge in [0.15, 0.2) is 0 Å². The maximum absolute atomic E-state index is 5.84. The number of nitrogens with zero attached hydrogens (tertiary/aromatic N) is 4. The third-order valence-electron chi connectivity index (χ3n) is 3.18. The summed E-state index contributed by atoms with van der Waals surface area (Å²) in [5.41, 5.74) is 3.95. The van der Waals surface area contributed by atoms with Gasteiger partial charge in [-0.25, -0.2) is 9.97 Å². The van der Waals surface area contributed by atoms with E-state index in [0.29, 0.717) is 12.4 Å². The normalized spacial score (nSPS) is 10.6. The van der Waals surface area contributed by atoms with Crippen molar-refractivity contribution in [3.05, 3.63) is 47.0 Å². The van der Waals surface area contributed by atoms with Crippen LogP contribution in [0.25, 0.3) is 0 Å². The van der Waals surface area contributed by atoms with Gasteiger partial charge >= 0.3 is 0 Å². The summed E-state index contributed by atoms with van der Waals surface area (Å²) in [6.45, 7) is 7.58. The van der Waals surface area contributed by atoms with Gasteiger partial charge in [0.05, 0.1) is 18.1 Å². The third-order valence-corrected chi connectivity index (χ3v) is 3.46. The highest BCUT2D eigenvalue weighted by Gasteiger charge is 2.11. The number of alkyl halides is 1. The highest BCUT2D eigenvalue weighted by Crippen LogP contribution is 2.15. The van der Waals surface area contributed by atoms with Gasteiger partial charge in [-0.2, -0.15) is 0 Å². The standard InChI is InChI=1S/C15H19ClN4/c1-4-20(10-14-7-5-6-11(2)18-14)15-17-9-13(8-16)12(3)19-15/h5-7,9H,4,8,10H2,1-3H3. The molecule has 0 aliphatic rings. The summed E-state index contributed by atoms with van der Waals surface area (Å²) >= 11 is 5.84. The van der Waals surface area contributed by atoms with Gasteiger partial charge in [0.1, 0.15) is 0 Å². The van der Waals surface area contributed by atoms with E-state index in [2.05, 4.69) is 26.8 Å². The van der Waals surface area contributed by atoms with Crippen molar-refractivity contribution in [2.24, 2.45) is 0 Å². The average Bonchev–Trinajstić information content (AvgIpc) is 2.44. The minimum Gasteiger partial charge on any atom is -0.335 e. The first-order valence-corrected chi connectivity index (χ1v) is 7.23.